The van der Waals surface area contributed by atoms with Crippen molar-refractivity contribution in [3.05, 3.63) is 0 Å². The van der Waals surface area contributed by atoms with Gasteiger partial charge in [0.15, 0.2) is 0 Å². The van der Waals surface area contributed by atoms with Gasteiger partial charge in [0.25, 0.3) is 0 Å². The van der Waals surface area contributed by atoms with E-state index in [0.29, 0.717) is 6.61 Å². The molecule has 1 N–H and O–H groups in total. The first-order valence-corrected chi connectivity index (χ1v) is 8.99. The minimum absolute atomic E-state index is 0.191. The van der Waals surface area contributed by atoms with E-state index < -0.39 is 9.84 Å². The van der Waals surface area contributed by atoms with Gasteiger partial charge in [0.1, 0.15) is 9.84 Å². The lowest BCUT2D eigenvalue weighted by Gasteiger charge is -2.37. The zero-order valence-electron chi connectivity index (χ0n) is 12.1. The SMILES string of the molecule is COCCNCC1(CCCS(C)(=O)=O)CCOCC1. The second-order valence-electron chi connectivity index (χ2n) is 5.52. The summed E-state index contributed by atoms with van der Waals surface area (Å²) in [4.78, 5) is 0. The molecule has 0 spiro atoms. The van der Waals surface area contributed by atoms with Gasteiger partial charge in [-0.25, -0.2) is 8.42 Å². The number of ether oxygens (including phenoxy) is 2. The molecule has 1 saturated heterocycles. The molecule has 0 aromatic carbocycles. The number of sulfone groups is 1. The topological polar surface area (TPSA) is 64.6 Å². The minimum atomic E-state index is -2.85. The molecule has 0 amide bonds. The van der Waals surface area contributed by atoms with Gasteiger partial charge in [-0.15, -0.1) is 0 Å². The first-order chi connectivity index (χ1) is 8.97. The molecule has 0 unspecified atom stereocenters. The average molecular weight is 293 g/mol. The van der Waals surface area contributed by atoms with Gasteiger partial charge in [0, 0.05) is 45.4 Å². The lowest BCUT2D eigenvalue weighted by atomic mass is 9.76. The molecular weight excluding hydrogens is 266 g/mol. The van der Waals surface area contributed by atoms with E-state index in [1.54, 1.807) is 7.11 Å². The zero-order valence-corrected chi connectivity index (χ0v) is 12.9. The van der Waals surface area contributed by atoms with E-state index in [9.17, 15) is 8.42 Å². The predicted molar refractivity (Wildman–Crippen MR) is 76.2 cm³/mol. The maximum atomic E-state index is 11.2. The third-order valence-corrected chi connectivity index (χ3v) is 4.79. The largest absolute Gasteiger partial charge is 0.383 e. The molecule has 114 valence electrons. The van der Waals surface area contributed by atoms with Gasteiger partial charge in [-0.05, 0) is 31.1 Å². The Bertz CT molecular complexity index is 337. The van der Waals surface area contributed by atoms with Crippen LogP contribution in [0, 0.1) is 5.41 Å². The summed E-state index contributed by atoms with van der Waals surface area (Å²) in [6.45, 7) is 4.03. The fourth-order valence-electron chi connectivity index (χ4n) is 2.56. The van der Waals surface area contributed by atoms with Gasteiger partial charge < -0.3 is 14.8 Å². The third kappa shape index (κ3) is 7.25. The van der Waals surface area contributed by atoms with Gasteiger partial charge in [-0.1, -0.05) is 0 Å². The highest BCUT2D eigenvalue weighted by atomic mass is 32.2. The van der Waals surface area contributed by atoms with Crippen LogP contribution in [0.25, 0.3) is 0 Å². The molecule has 0 aliphatic carbocycles. The number of hydrogen-bond acceptors (Lipinski definition) is 5. The van der Waals surface area contributed by atoms with Crippen LogP contribution in [0.4, 0.5) is 0 Å². The summed E-state index contributed by atoms with van der Waals surface area (Å²) in [5.74, 6) is 0.285. The monoisotopic (exact) mass is 293 g/mol. The van der Waals surface area contributed by atoms with Crippen LogP contribution in [0.3, 0.4) is 0 Å². The second-order valence-corrected chi connectivity index (χ2v) is 7.78. The molecule has 19 heavy (non-hydrogen) atoms. The fourth-order valence-corrected chi connectivity index (χ4v) is 3.23. The van der Waals surface area contributed by atoms with Crippen LogP contribution >= 0.6 is 0 Å². The predicted octanol–water partition coefficient (Wildman–Crippen LogP) is 0.844. The van der Waals surface area contributed by atoms with Crippen LogP contribution in [0.2, 0.25) is 0 Å². The smallest absolute Gasteiger partial charge is 0.147 e. The lowest BCUT2D eigenvalue weighted by Crippen LogP contribution is -2.40. The third-order valence-electron chi connectivity index (χ3n) is 3.76. The highest BCUT2D eigenvalue weighted by molar-refractivity contribution is 7.90. The van der Waals surface area contributed by atoms with Crippen molar-refractivity contribution in [3.63, 3.8) is 0 Å². The van der Waals surface area contributed by atoms with Crippen molar-refractivity contribution in [2.45, 2.75) is 25.7 Å². The molecule has 6 heteroatoms. The molecule has 1 aliphatic heterocycles. The summed E-state index contributed by atoms with van der Waals surface area (Å²) in [6.07, 6.45) is 5.02. The van der Waals surface area contributed by atoms with Crippen LogP contribution in [0.15, 0.2) is 0 Å². The summed E-state index contributed by atoms with van der Waals surface area (Å²) in [5.41, 5.74) is 0.191. The quantitative estimate of drug-likeness (QED) is 0.638. The van der Waals surface area contributed by atoms with Gasteiger partial charge >= 0.3 is 0 Å². The van der Waals surface area contributed by atoms with Gasteiger partial charge in [-0.3, -0.25) is 0 Å². The van der Waals surface area contributed by atoms with Gasteiger partial charge in [0.05, 0.1) is 6.61 Å². The Morgan fingerprint density at radius 2 is 2.00 bits per heavy atom. The zero-order chi connectivity index (χ0) is 14.2. The second kappa shape index (κ2) is 8.19. The van der Waals surface area contributed by atoms with Crippen molar-refractivity contribution < 1.29 is 17.9 Å². The molecule has 0 saturated carbocycles. The first kappa shape index (κ1) is 16.9. The summed E-state index contributed by atoms with van der Waals surface area (Å²) < 4.78 is 32.9. The van der Waals surface area contributed by atoms with Crippen molar-refractivity contribution in [1.29, 1.82) is 0 Å². The van der Waals surface area contributed by atoms with E-state index in [-0.39, 0.29) is 11.2 Å². The van der Waals surface area contributed by atoms with E-state index in [1.807, 2.05) is 0 Å². The Kier molecular flexibility index (Phi) is 7.28. The first-order valence-electron chi connectivity index (χ1n) is 6.93. The van der Waals surface area contributed by atoms with Crippen molar-refractivity contribution in [2.24, 2.45) is 5.41 Å². The lowest BCUT2D eigenvalue weighted by molar-refractivity contribution is 0.00959. The van der Waals surface area contributed by atoms with Crippen molar-refractivity contribution in [2.75, 3.05) is 52.0 Å². The van der Waals surface area contributed by atoms with Gasteiger partial charge in [-0.2, -0.15) is 0 Å². The van der Waals surface area contributed by atoms with E-state index in [2.05, 4.69) is 5.32 Å². The van der Waals surface area contributed by atoms with E-state index in [1.165, 1.54) is 6.26 Å². The Morgan fingerprint density at radius 1 is 1.32 bits per heavy atom. The molecule has 0 bridgehead atoms. The minimum Gasteiger partial charge on any atom is -0.383 e. The Hall–Kier alpha value is -0.170. The highest BCUT2D eigenvalue weighted by Gasteiger charge is 2.31. The molecule has 1 aliphatic rings. The Balaban J connectivity index is 2.40. The van der Waals surface area contributed by atoms with Crippen LogP contribution < -0.4 is 5.32 Å². The normalized spacial score (nSPS) is 19.5. The standard InChI is InChI=1S/C13H27NO4S/c1-17-10-7-14-12-13(5-8-18-9-6-13)4-3-11-19(2,15)16/h14H,3-12H2,1-2H3. The molecule has 0 atom stereocenters. The fraction of sp³-hybridized carbons (Fsp3) is 1.00. The van der Waals surface area contributed by atoms with E-state index >= 15 is 0 Å². The van der Waals surface area contributed by atoms with Crippen LogP contribution in [-0.2, 0) is 19.3 Å². The van der Waals surface area contributed by atoms with Crippen LogP contribution in [-0.4, -0.2) is 60.4 Å². The Morgan fingerprint density at radius 3 is 2.58 bits per heavy atom. The number of nitrogens with one attached hydrogen (secondary N) is 1. The molecule has 0 aromatic heterocycles. The number of rotatable bonds is 9. The van der Waals surface area contributed by atoms with Gasteiger partial charge in [0.2, 0.25) is 0 Å². The summed E-state index contributed by atoms with van der Waals surface area (Å²) in [5, 5.41) is 3.41. The van der Waals surface area contributed by atoms with Crippen LogP contribution in [0.5, 0.6) is 0 Å². The van der Waals surface area contributed by atoms with Crippen molar-refractivity contribution in [1.82, 2.24) is 5.32 Å². The summed E-state index contributed by atoms with van der Waals surface area (Å²) >= 11 is 0. The van der Waals surface area contributed by atoms with Crippen LogP contribution in [0.1, 0.15) is 25.7 Å². The van der Waals surface area contributed by atoms with E-state index in [4.69, 9.17) is 9.47 Å². The molecule has 5 nitrogen and oxygen atoms in total. The van der Waals surface area contributed by atoms with Crippen molar-refractivity contribution in [3.8, 4) is 0 Å². The highest BCUT2D eigenvalue weighted by Crippen LogP contribution is 2.34. The molecule has 1 heterocycles. The molecule has 0 radical (unpaired) electrons. The average Bonchev–Trinajstić information content (AvgIpc) is 2.34. The summed E-state index contributed by atoms with van der Waals surface area (Å²) in [7, 11) is -1.16. The van der Waals surface area contributed by atoms with E-state index in [0.717, 1.165) is 52.0 Å². The Labute approximate surface area is 117 Å². The molecule has 1 fully saturated rings. The molecule has 0 aromatic rings. The molecular formula is C13H27NO4S. The number of methoxy groups -OCH3 is 1. The number of hydrogen-bond donors (Lipinski definition) is 1. The molecule has 1 rings (SSSR count). The van der Waals surface area contributed by atoms with Crippen molar-refractivity contribution >= 4 is 9.84 Å². The summed E-state index contributed by atoms with van der Waals surface area (Å²) in [6, 6.07) is 0. The maximum absolute atomic E-state index is 11.2. The maximum Gasteiger partial charge on any atom is 0.147 e.